The number of hydrogen-bond donors (Lipinski definition) is 0. The second-order valence-electron chi connectivity index (χ2n) is 6.99. The molecule has 0 unspecified atom stereocenters. The highest BCUT2D eigenvalue weighted by atomic mass is 15.1. The summed E-state index contributed by atoms with van der Waals surface area (Å²) in [5, 5.41) is 0. The summed E-state index contributed by atoms with van der Waals surface area (Å²) in [5.74, 6) is 1.54. The molecule has 1 aromatic carbocycles. The van der Waals surface area contributed by atoms with Gasteiger partial charge in [-0.2, -0.15) is 0 Å². The molecule has 1 nitrogen and oxygen atoms in total. The molecule has 0 aliphatic rings. The average molecular weight is 275 g/mol. The predicted octanol–water partition coefficient (Wildman–Crippen LogP) is 4.93. The van der Waals surface area contributed by atoms with E-state index >= 15 is 0 Å². The molecule has 0 aromatic heterocycles. The van der Waals surface area contributed by atoms with Gasteiger partial charge in [0.2, 0.25) is 0 Å². The van der Waals surface area contributed by atoms with Gasteiger partial charge in [0.15, 0.2) is 0 Å². The molecule has 0 fully saturated rings. The summed E-state index contributed by atoms with van der Waals surface area (Å²) in [5.41, 5.74) is 2.84. The molecule has 1 aromatic rings. The van der Waals surface area contributed by atoms with Gasteiger partial charge in [-0.1, -0.05) is 57.5 Å². The minimum absolute atomic E-state index is 0.769. The summed E-state index contributed by atoms with van der Waals surface area (Å²) in [4.78, 5) is 2.64. The molecule has 0 radical (unpaired) electrons. The number of nitrogens with zero attached hydrogens (tertiary/aromatic N) is 1. The Morgan fingerprint density at radius 2 is 1.40 bits per heavy atom. The van der Waals surface area contributed by atoms with Gasteiger partial charge in [-0.05, 0) is 50.1 Å². The summed E-state index contributed by atoms with van der Waals surface area (Å²) >= 11 is 0. The van der Waals surface area contributed by atoms with Crippen LogP contribution in [-0.4, -0.2) is 24.5 Å². The second kappa shape index (κ2) is 9.18. The minimum atomic E-state index is 0.769. The second-order valence-corrected chi connectivity index (χ2v) is 6.99. The van der Waals surface area contributed by atoms with E-state index in [0.717, 1.165) is 11.8 Å². The Labute approximate surface area is 126 Å². The minimum Gasteiger partial charge on any atom is -0.303 e. The maximum absolute atomic E-state index is 2.64. The van der Waals surface area contributed by atoms with Crippen molar-refractivity contribution in [3.63, 3.8) is 0 Å². The molecule has 0 heterocycles. The molecular weight excluding hydrogens is 242 g/mol. The normalized spacial score (nSPS) is 11.8. The van der Waals surface area contributed by atoms with Crippen molar-refractivity contribution in [2.75, 3.05) is 19.6 Å². The van der Waals surface area contributed by atoms with Crippen molar-refractivity contribution in [1.82, 2.24) is 4.90 Å². The van der Waals surface area contributed by atoms with Gasteiger partial charge in [0, 0.05) is 13.1 Å². The molecule has 20 heavy (non-hydrogen) atoms. The molecule has 0 spiro atoms. The molecule has 0 atom stereocenters. The highest BCUT2D eigenvalue weighted by Gasteiger charge is 2.08. The van der Waals surface area contributed by atoms with E-state index < -0.39 is 0 Å². The quantitative estimate of drug-likeness (QED) is 0.577. The summed E-state index contributed by atoms with van der Waals surface area (Å²) < 4.78 is 0. The molecule has 114 valence electrons. The largest absolute Gasteiger partial charge is 0.303 e. The molecule has 1 rings (SSSR count). The third kappa shape index (κ3) is 7.69. The van der Waals surface area contributed by atoms with Gasteiger partial charge in [-0.25, -0.2) is 0 Å². The van der Waals surface area contributed by atoms with E-state index in [4.69, 9.17) is 0 Å². The summed E-state index contributed by atoms with van der Waals surface area (Å²) in [6.07, 6.45) is 3.83. The van der Waals surface area contributed by atoms with E-state index in [1.54, 1.807) is 0 Å². The van der Waals surface area contributed by atoms with Crippen LogP contribution in [0, 0.1) is 18.8 Å². The number of hydrogen-bond acceptors (Lipinski definition) is 1. The number of benzene rings is 1. The first-order valence-corrected chi connectivity index (χ1v) is 8.25. The number of aryl methyl sites for hydroxylation is 2. The van der Waals surface area contributed by atoms with E-state index in [9.17, 15) is 0 Å². The van der Waals surface area contributed by atoms with Gasteiger partial charge in [-0.15, -0.1) is 0 Å². The lowest BCUT2D eigenvalue weighted by Crippen LogP contribution is -2.32. The lowest BCUT2D eigenvalue weighted by Gasteiger charge is -2.26. The Hall–Kier alpha value is -0.820. The zero-order chi connectivity index (χ0) is 15.0. The SMILES string of the molecule is Cc1ccc(CCCCN(CC(C)C)CC(C)C)cc1. The van der Waals surface area contributed by atoms with Crippen LogP contribution in [0.5, 0.6) is 0 Å². The Kier molecular flexibility index (Phi) is 7.91. The van der Waals surface area contributed by atoms with Crippen molar-refractivity contribution in [1.29, 1.82) is 0 Å². The van der Waals surface area contributed by atoms with Crippen molar-refractivity contribution in [3.8, 4) is 0 Å². The molecule has 0 aliphatic carbocycles. The van der Waals surface area contributed by atoms with Crippen LogP contribution in [-0.2, 0) is 6.42 Å². The topological polar surface area (TPSA) is 3.24 Å². The van der Waals surface area contributed by atoms with Crippen LogP contribution in [0.3, 0.4) is 0 Å². The fourth-order valence-corrected chi connectivity index (χ4v) is 2.71. The number of unbranched alkanes of at least 4 members (excludes halogenated alkanes) is 1. The zero-order valence-electron chi connectivity index (χ0n) is 14.2. The Morgan fingerprint density at radius 1 is 0.850 bits per heavy atom. The molecular formula is C19H33N. The lowest BCUT2D eigenvalue weighted by atomic mass is 10.1. The highest BCUT2D eigenvalue weighted by Crippen LogP contribution is 2.09. The van der Waals surface area contributed by atoms with Crippen molar-refractivity contribution in [3.05, 3.63) is 35.4 Å². The van der Waals surface area contributed by atoms with Crippen molar-refractivity contribution >= 4 is 0 Å². The van der Waals surface area contributed by atoms with Crippen molar-refractivity contribution < 1.29 is 0 Å². The van der Waals surface area contributed by atoms with Crippen LogP contribution in [0.2, 0.25) is 0 Å². The van der Waals surface area contributed by atoms with Crippen molar-refractivity contribution in [2.45, 2.75) is 53.9 Å². The first kappa shape index (κ1) is 17.2. The Bertz CT molecular complexity index is 341. The highest BCUT2D eigenvalue weighted by molar-refractivity contribution is 5.21. The van der Waals surface area contributed by atoms with Gasteiger partial charge in [0.25, 0.3) is 0 Å². The van der Waals surface area contributed by atoms with Gasteiger partial charge in [0.05, 0.1) is 0 Å². The van der Waals surface area contributed by atoms with E-state index in [1.165, 1.54) is 50.0 Å². The Morgan fingerprint density at radius 3 is 1.90 bits per heavy atom. The van der Waals surface area contributed by atoms with Gasteiger partial charge in [-0.3, -0.25) is 0 Å². The third-order valence-electron chi connectivity index (χ3n) is 3.56. The van der Waals surface area contributed by atoms with E-state index in [2.05, 4.69) is 63.8 Å². The number of rotatable bonds is 9. The van der Waals surface area contributed by atoms with Crippen LogP contribution < -0.4 is 0 Å². The van der Waals surface area contributed by atoms with Gasteiger partial charge < -0.3 is 4.90 Å². The third-order valence-corrected chi connectivity index (χ3v) is 3.56. The molecule has 0 saturated heterocycles. The van der Waals surface area contributed by atoms with Gasteiger partial charge in [0.1, 0.15) is 0 Å². The molecule has 0 saturated carbocycles. The van der Waals surface area contributed by atoms with E-state index in [0.29, 0.717) is 0 Å². The fourth-order valence-electron chi connectivity index (χ4n) is 2.71. The maximum Gasteiger partial charge on any atom is 0.000449 e. The molecule has 0 N–H and O–H groups in total. The lowest BCUT2D eigenvalue weighted by molar-refractivity contribution is 0.215. The van der Waals surface area contributed by atoms with Crippen LogP contribution in [0.4, 0.5) is 0 Å². The first-order chi connectivity index (χ1) is 9.47. The zero-order valence-corrected chi connectivity index (χ0v) is 14.2. The van der Waals surface area contributed by atoms with Crippen LogP contribution in [0.1, 0.15) is 51.7 Å². The first-order valence-electron chi connectivity index (χ1n) is 8.25. The monoisotopic (exact) mass is 275 g/mol. The molecule has 1 heteroatoms. The average Bonchev–Trinajstić information content (AvgIpc) is 2.35. The molecule has 0 amide bonds. The smallest absolute Gasteiger partial charge is 0.000449 e. The van der Waals surface area contributed by atoms with E-state index in [-0.39, 0.29) is 0 Å². The van der Waals surface area contributed by atoms with Crippen LogP contribution in [0.15, 0.2) is 24.3 Å². The van der Waals surface area contributed by atoms with Crippen LogP contribution in [0.25, 0.3) is 0 Å². The van der Waals surface area contributed by atoms with Crippen molar-refractivity contribution in [2.24, 2.45) is 11.8 Å². The fraction of sp³-hybridized carbons (Fsp3) is 0.684. The van der Waals surface area contributed by atoms with Crippen LogP contribution >= 0.6 is 0 Å². The standard InChI is InChI=1S/C19H33N/c1-16(2)14-20(15-17(3)4)13-7-6-8-19-11-9-18(5)10-12-19/h9-12,16-17H,6-8,13-15H2,1-5H3. The molecule has 0 bridgehead atoms. The van der Waals surface area contributed by atoms with E-state index in [1.807, 2.05) is 0 Å². The molecule has 0 aliphatic heterocycles. The van der Waals surface area contributed by atoms with Gasteiger partial charge >= 0.3 is 0 Å². The summed E-state index contributed by atoms with van der Waals surface area (Å²) in [6, 6.07) is 8.99. The summed E-state index contributed by atoms with van der Waals surface area (Å²) in [6.45, 7) is 15.2. The maximum atomic E-state index is 2.64. The Balaban J connectivity index is 2.27. The predicted molar refractivity (Wildman–Crippen MR) is 90.2 cm³/mol. The summed E-state index contributed by atoms with van der Waals surface area (Å²) in [7, 11) is 0.